The minimum atomic E-state index is -0.110. The number of benzene rings is 1. The highest BCUT2D eigenvalue weighted by Gasteiger charge is 2.20. The minimum absolute atomic E-state index is 0.110. The first kappa shape index (κ1) is 16.9. The van der Waals surface area contributed by atoms with Gasteiger partial charge in [-0.1, -0.05) is 24.6 Å². The summed E-state index contributed by atoms with van der Waals surface area (Å²) < 4.78 is 0. The molecule has 1 N–H and O–H groups in total. The third-order valence-corrected chi connectivity index (χ3v) is 5.89. The average molecular weight is 340 g/mol. The summed E-state index contributed by atoms with van der Waals surface area (Å²) >= 11 is 1.61. The van der Waals surface area contributed by atoms with Crippen molar-refractivity contribution in [3.8, 4) is 0 Å². The van der Waals surface area contributed by atoms with E-state index >= 15 is 0 Å². The topological polar surface area (TPSA) is 41.5 Å². The van der Waals surface area contributed by atoms with Gasteiger partial charge in [0.15, 0.2) is 0 Å². The molecule has 3 rings (SSSR count). The number of rotatable bonds is 3. The molecule has 1 atom stereocenters. The summed E-state index contributed by atoms with van der Waals surface area (Å²) in [6, 6.07) is 6.30. The molecular formula is C20H24N2OS. The lowest BCUT2D eigenvalue weighted by molar-refractivity contribution is 0.0959. The monoisotopic (exact) mass is 340 g/mol. The van der Waals surface area contributed by atoms with Gasteiger partial charge in [0.05, 0.1) is 11.1 Å². The summed E-state index contributed by atoms with van der Waals surface area (Å²) in [7, 11) is 0. The van der Waals surface area contributed by atoms with Crippen molar-refractivity contribution in [2.45, 2.75) is 47.0 Å². The Bertz CT molecular complexity index is 781. The molecule has 1 aromatic carbocycles. The lowest BCUT2D eigenvalue weighted by Crippen LogP contribution is -2.16. The molecule has 3 nitrogen and oxygen atoms in total. The predicted octanol–water partition coefficient (Wildman–Crippen LogP) is 4.56. The largest absolute Gasteiger partial charge is 0.281 e. The summed E-state index contributed by atoms with van der Waals surface area (Å²) in [5.74, 6) is 0.606. The SMILES string of the molecule is Cc1cc(C)c(/C=N\NC(=O)c2cc3c(s2)CC[C@@H](C)C3)c(C)c1. The molecule has 4 heteroatoms. The molecule has 2 aromatic rings. The fourth-order valence-electron chi connectivity index (χ4n) is 3.42. The van der Waals surface area contributed by atoms with Crippen LogP contribution in [0.15, 0.2) is 23.3 Å². The van der Waals surface area contributed by atoms with Crippen molar-refractivity contribution in [2.24, 2.45) is 11.0 Å². The van der Waals surface area contributed by atoms with E-state index < -0.39 is 0 Å². The van der Waals surface area contributed by atoms with Gasteiger partial charge in [-0.25, -0.2) is 5.43 Å². The molecule has 1 heterocycles. The molecule has 0 spiro atoms. The molecule has 1 amide bonds. The van der Waals surface area contributed by atoms with E-state index in [9.17, 15) is 4.79 Å². The second-order valence-corrected chi connectivity index (χ2v) is 8.06. The van der Waals surface area contributed by atoms with Crippen LogP contribution in [-0.4, -0.2) is 12.1 Å². The van der Waals surface area contributed by atoms with E-state index in [0.29, 0.717) is 5.92 Å². The summed E-state index contributed by atoms with van der Waals surface area (Å²) in [6.07, 6.45) is 5.15. The molecule has 1 aliphatic rings. The second kappa shape index (κ2) is 6.89. The Hall–Kier alpha value is -1.94. The smallest absolute Gasteiger partial charge is 0.266 e. The molecule has 0 fully saturated rings. The summed E-state index contributed by atoms with van der Waals surface area (Å²) in [5.41, 5.74) is 8.68. The van der Waals surface area contributed by atoms with E-state index in [-0.39, 0.29) is 5.91 Å². The number of amides is 1. The normalized spacial score (nSPS) is 17.1. The highest BCUT2D eigenvalue weighted by Crippen LogP contribution is 2.32. The standard InChI is InChI=1S/C20H24N2OS/c1-12-5-6-18-16(9-12)10-19(24-18)20(23)22-21-11-17-14(3)7-13(2)8-15(17)4/h7-8,10-12H,5-6,9H2,1-4H3,(H,22,23)/b21-11-/t12-/m1/s1. The molecular weight excluding hydrogens is 316 g/mol. The zero-order valence-electron chi connectivity index (χ0n) is 14.8. The molecule has 0 saturated carbocycles. The number of hydrogen-bond acceptors (Lipinski definition) is 3. The number of carbonyl (C=O) groups is 1. The summed E-state index contributed by atoms with van der Waals surface area (Å²) in [6.45, 7) is 8.49. The molecule has 0 radical (unpaired) electrons. The average Bonchev–Trinajstić information content (AvgIpc) is 2.92. The van der Waals surface area contributed by atoms with Gasteiger partial charge in [-0.05, 0) is 68.7 Å². The first-order chi connectivity index (χ1) is 11.4. The first-order valence-electron chi connectivity index (χ1n) is 8.47. The maximum Gasteiger partial charge on any atom is 0.281 e. The van der Waals surface area contributed by atoms with Crippen molar-refractivity contribution in [3.63, 3.8) is 0 Å². The maximum absolute atomic E-state index is 12.3. The van der Waals surface area contributed by atoms with Crippen molar-refractivity contribution in [1.82, 2.24) is 5.43 Å². The van der Waals surface area contributed by atoms with Crippen molar-refractivity contribution < 1.29 is 4.79 Å². The number of hydrazone groups is 1. The number of nitrogens with one attached hydrogen (secondary N) is 1. The van der Waals surface area contributed by atoms with Gasteiger partial charge in [0.25, 0.3) is 5.91 Å². The van der Waals surface area contributed by atoms with E-state index in [0.717, 1.165) is 23.3 Å². The van der Waals surface area contributed by atoms with E-state index in [2.05, 4.69) is 50.4 Å². The number of fused-ring (bicyclic) bond motifs is 1. The van der Waals surface area contributed by atoms with Gasteiger partial charge in [0, 0.05) is 10.4 Å². The van der Waals surface area contributed by atoms with Crippen LogP contribution in [0.4, 0.5) is 0 Å². The summed E-state index contributed by atoms with van der Waals surface area (Å²) in [4.78, 5) is 14.5. The lowest BCUT2D eigenvalue weighted by atomic mass is 9.90. The van der Waals surface area contributed by atoms with Crippen LogP contribution < -0.4 is 5.43 Å². The third-order valence-electron chi connectivity index (χ3n) is 4.65. The summed E-state index contributed by atoms with van der Waals surface area (Å²) in [5, 5.41) is 4.17. The Morgan fingerprint density at radius 1 is 1.25 bits per heavy atom. The van der Waals surface area contributed by atoms with Gasteiger partial charge in [0.2, 0.25) is 0 Å². The van der Waals surface area contributed by atoms with E-state index in [1.807, 2.05) is 6.07 Å². The van der Waals surface area contributed by atoms with Crippen LogP contribution in [0.3, 0.4) is 0 Å². The number of aryl methyl sites for hydroxylation is 4. The minimum Gasteiger partial charge on any atom is -0.266 e. The fourth-order valence-corrected chi connectivity index (χ4v) is 4.52. The number of hydrogen-bond donors (Lipinski definition) is 1. The Morgan fingerprint density at radius 3 is 2.67 bits per heavy atom. The number of carbonyl (C=O) groups excluding carboxylic acids is 1. The van der Waals surface area contributed by atoms with Crippen LogP contribution in [0.5, 0.6) is 0 Å². The van der Waals surface area contributed by atoms with Crippen LogP contribution in [0.2, 0.25) is 0 Å². The highest BCUT2D eigenvalue weighted by atomic mass is 32.1. The van der Waals surface area contributed by atoms with Crippen LogP contribution in [0, 0.1) is 26.7 Å². The van der Waals surface area contributed by atoms with Crippen LogP contribution >= 0.6 is 11.3 Å². The zero-order valence-corrected chi connectivity index (χ0v) is 15.6. The van der Waals surface area contributed by atoms with Crippen LogP contribution in [0.1, 0.15) is 55.7 Å². The van der Waals surface area contributed by atoms with Gasteiger partial charge < -0.3 is 0 Å². The molecule has 0 bridgehead atoms. The molecule has 1 aliphatic carbocycles. The zero-order chi connectivity index (χ0) is 17.3. The van der Waals surface area contributed by atoms with E-state index in [1.54, 1.807) is 17.6 Å². The van der Waals surface area contributed by atoms with Gasteiger partial charge in [-0.3, -0.25) is 4.79 Å². The van der Waals surface area contributed by atoms with Gasteiger partial charge in [-0.15, -0.1) is 11.3 Å². The van der Waals surface area contributed by atoms with E-state index in [1.165, 1.54) is 33.6 Å². The van der Waals surface area contributed by atoms with Crippen molar-refractivity contribution in [1.29, 1.82) is 0 Å². The first-order valence-corrected chi connectivity index (χ1v) is 9.28. The van der Waals surface area contributed by atoms with Gasteiger partial charge in [-0.2, -0.15) is 5.10 Å². The third kappa shape index (κ3) is 3.59. The number of nitrogens with zero attached hydrogens (tertiary/aromatic N) is 1. The molecule has 0 unspecified atom stereocenters. The van der Waals surface area contributed by atoms with Crippen LogP contribution in [-0.2, 0) is 12.8 Å². The Labute approximate surface area is 147 Å². The Kier molecular flexibility index (Phi) is 4.86. The highest BCUT2D eigenvalue weighted by molar-refractivity contribution is 7.14. The molecule has 0 saturated heterocycles. The predicted molar refractivity (Wildman–Crippen MR) is 101 cm³/mol. The lowest BCUT2D eigenvalue weighted by Gasteiger charge is -2.16. The van der Waals surface area contributed by atoms with Crippen molar-refractivity contribution in [2.75, 3.05) is 0 Å². The Balaban J connectivity index is 1.70. The van der Waals surface area contributed by atoms with Crippen molar-refractivity contribution >= 4 is 23.5 Å². The molecule has 0 aliphatic heterocycles. The van der Waals surface area contributed by atoms with Crippen LogP contribution in [0.25, 0.3) is 0 Å². The molecule has 24 heavy (non-hydrogen) atoms. The second-order valence-electron chi connectivity index (χ2n) is 6.92. The Morgan fingerprint density at radius 2 is 1.96 bits per heavy atom. The fraction of sp³-hybridized carbons (Fsp3) is 0.400. The molecule has 126 valence electrons. The molecule has 1 aromatic heterocycles. The maximum atomic E-state index is 12.3. The van der Waals surface area contributed by atoms with Crippen molar-refractivity contribution in [3.05, 3.63) is 55.8 Å². The number of thiophene rings is 1. The van der Waals surface area contributed by atoms with E-state index in [4.69, 9.17) is 0 Å². The van der Waals surface area contributed by atoms with Gasteiger partial charge in [0.1, 0.15) is 0 Å². The quantitative estimate of drug-likeness (QED) is 0.646. The van der Waals surface area contributed by atoms with Gasteiger partial charge >= 0.3 is 0 Å².